The first-order valence-corrected chi connectivity index (χ1v) is 6.45. The molecule has 0 aromatic heterocycles. The van der Waals surface area contributed by atoms with Crippen molar-refractivity contribution in [2.75, 3.05) is 0 Å². The van der Waals surface area contributed by atoms with Gasteiger partial charge in [-0.15, -0.1) is 0 Å². The van der Waals surface area contributed by atoms with Crippen LogP contribution >= 0.6 is 0 Å². The fourth-order valence-corrected chi connectivity index (χ4v) is 1.70. The highest BCUT2D eigenvalue weighted by atomic mass is 19.1. The topological polar surface area (TPSA) is 0 Å². The van der Waals surface area contributed by atoms with Crippen LogP contribution in [0.5, 0.6) is 0 Å². The summed E-state index contributed by atoms with van der Waals surface area (Å²) in [5, 5.41) is 0. The zero-order valence-electron chi connectivity index (χ0n) is 10.3. The van der Waals surface area contributed by atoms with Gasteiger partial charge in [0.05, 0.1) is 12.3 Å². The summed E-state index contributed by atoms with van der Waals surface area (Å²) >= 11 is 0. The average Bonchev–Trinajstić information content (AvgIpc) is 2.21. The lowest BCUT2D eigenvalue weighted by Gasteiger charge is -2.05. The molecule has 0 bridgehead atoms. The fourth-order valence-electron chi connectivity index (χ4n) is 1.70. The van der Waals surface area contributed by atoms with Crippen molar-refractivity contribution >= 4 is 0 Å². The van der Waals surface area contributed by atoms with Gasteiger partial charge in [-0.2, -0.15) is 0 Å². The van der Waals surface area contributed by atoms with Gasteiger partial charge in [0.15, 0.2) is 0 Å². The largest absolute Gasteiger partial charge is 0.248 e. The van der Waals surface area contributed by atoms with E-state index in [2.05, 4.69) is 0 Å². The molecule has 2 heteroatoms. The molecule has 2 unspecified atom stereocenters. The molecule has 0 heterocycles. The molecule has 0 aromatic carbocycles. The van der Waals surface area contributed by atoms with Crippen molar-refractivity contribution in [1.82, 2.24) is 0 Å². The summed E-state index contributed by atoms with van der Waals surface area (Å²) in [5.74, 6) is 0. The normalized spacial score (nSPS) is 15.2. The first kappa shape index (κ1) is 14.9. The van der Waals surface area contributed by atoms with E-state index in [9.17, 15) is 8.78 Å². The first-order chi connectivity index (χ1) is 7.16. The van der Waals surface area contributed by atoms with Crippen LogP contribution in [0.3, 0.4) is 0 Å². The molecule has 92 valence electrons. The second-order valence-electron chi connectivity index (χ2n) is 4.48. The minimum absolute atomic E-state index is 0.600. The van der Waals surface area contributed by atoms with Gasteiger partial charge < -0.3 is 0 Å². The van der Waals surface area contributed by atoms with E-state index in [0.29, 0.717) is 12.8 Å². The van der Waals surface area contributed by atoms with Crippen molar-refractivity contribution < 1.29 is 8.78 Å². The number of halogens is 2. The maximum absolute atomic E-state index is 12.8. The molecule has 0 nitrogen and oxygen atoms in total. The molecular weight excluding hydrogens is 194 g/mol. The lowest BCUT2D eigenvalue weighted by Crippen LogP contribution is -1.96. The molecule has 0 fully saturated rings. The molecule has 0 saturated carbocycles. The smallest absolute Gasteiger partial charge is 0.0999 e. The molecule has 15 heavy (non-hydrogen) atoms. The van der Waals surface area contributed by atoms with Crippen LogP contribution in [0.1, 0.15) is 71.6 Å². The SMILES string of the molecule is CCC(F)CCCCCCCCC(C)F. The maximum Gasteiger partial charge on any atom is 0.0999 e. The van der Waals surface area contributed by atoms with Crippen LogP contribution in [-0.2, 0) is 0 Å². The van der Waals surface area contributed by atoms with Crippen molar-refractivity contribution in [2.24, 2.45) is 0 Å². The Kier molecular flexibility index (Phi) is 10.3. The van der Waals surface area contributed by atoms with Crippen molar-refractivity contribution in [3.05, 3.63) is 0 Å². The van der Waals surface area contributed by atoms with E-state index in [0.717, 1.165) is 32.1 Å². The Morgan fingerprint density at radius 2 is 1.27 bits per heavy atom. The highest BCUT2D eigenvalue weighted by Crippen LogP contribution is 2.13. The zero-order chi connectivity index (χ0) is 11.5. The van der Waals surface area contributed by atoms with Gasteiger partial charge in [0.25, 0.3) is 0 Å². The Bertz CT molecular complexity index is 124. The van der Waals surface area contributed by atoms with Gasteiger partial charge in [0, 0.05) is 0 Å². The molecule has 0 saturated heterocycles. The third kappa shape index (κ3) is 11.8. The van der Waals surface area contributed by atoms with Crippen LogP contribution < -0.4 is 0 Å². The van der Waals surface area contributed by atoms with Gasteiger partial charge in [-0.25, -0.2) is 8.78 Å². The summed E-state index contributed by atoms with van der Waals surface area (Å²) < 4.78 is 25.2. The van der Waals surface area contributed by atoms with Crippen LogP contribution in [0.2, 0.25) is 0 Å². The minimum Gasteiger partial charge on any atom is -0.248 e. The molecule has 0 spiro atoms. The summed E-state index contributed by atoms with van der Waals surface area (Å²) in [4.78, 5) is 0. The van der Waals surface area contributed by atoms with Gasteiger partial charge in [0.1, 0.15) is 0 Å². The van der Waals surface area contributed by atoms with E-state index in [-0.39, 0.29) is 0 Å². The van der Waals surface area contributed by atoms with E-state index in [1.54, 1.807) is 6.92 Å². The monoisotopic (exact) mass is 220 g/mol. The second kappa shape index (κ2) is 10.4. The van der Waals surface area contributed by atoms with Crippen LogP contribution in [-0.4, -0.2) is 12.3 Å². The number of hydrogen-bond acceptors (Lipinski definition) is 0. The van der Waals surface area contributed by atoms with Gasteiger partial charge >= 0.3 is 0 Å². The predicted octanol–water partition coefficient (Wildman–Crippen LogP) is 5.21. The Labute approximate surface area is 93.4 Å². The average molecular weight is 220 g/mol. The fraction of sp³-hybridized carbons (Fsp3) is 1.00. The van der Waals surface area contributed by atoms with Gasteiger partial charge in [-0.1, -0.05) is 45.4 Å². The van der Waals surface area contributed by atoms with Crippen molar-refractivity contribution in [2.45, 2.75) is 84.0 Å². The summed E-state index contributed by atoms with van der Waals surface area (Å²) in [5.41, 5.74) is 0. The van der Waals surface area contributed by atoms with Crippen molar-refractivity contribution in [3.8, 4) is 0 Å². The summed E-state index contributed by atoms with van der Waals surface area (Å²) in [6.45, 7) is 3.51. The van der Waals surface area contributed by atoms with Gasteiger partial charge in [-0.3, -0.25) is 0 Å². The van der Waals surface area contributed by atoms with Crippen molar-refractivity contribution in [1.29, 1.82) is 0 Å². The molecule has 2 atom stereocenters. The first-order valence-electron chi connectivity index (χ1n) is 6.45. The van der Waals surface area contributed by atoms with Crippen LogP contribution in [0.4, 0.5) is 8.78 Å². The van der Waals surface area contributed by atoms with Crippen LogP contribution in [0.15, 0.2) is 0 Å². The third-order valence-corrected chi connectivity index (χ3v) is 2.81. The number of hydrogen-bond donors (Lipinski definition) is 0. The molecule has 0 aliphatic carbocycles. The standard InChI is InChI=1S/C13H26F2/c1-3-13(15)11-9-7-5-4-6-8-10-12(2)14/h12-13H,3-11H2,1-2H3. The van der Waals surface area contributed by atoms with E-state index in [1.165, 1.54) is 12.8 Å². The predicted molar refractivity (Wildman–Crippen MR) is 62.7 cm³/mol. The third-order valence-electron chi connectivity index (χ3n) is 2.81. The zero-order valence-corrected chi connectivity index (χ0v) is 10.3. The summed E-state index contributed by atoms with van der Waals surface area (Å²) in [6, 6.07) is 0. The second-order valence-corrected chi connectivity index (χ2v) is 4.48. The molecule has 0 aliphatic rings. The van der Waals surface area contributed by atoms with Crippen LogP contribution in [0.25, 0.3) is 0 Å². The quantitative estimate of drug-likeness (QED) is 0.443. The Morgan fingerprint density at radius 3 is 1.73 bits per heavy atom. The Morgan fingerprint density at radius 1 is 0.800 bits per heavy atom. The summed E-state index contributed by atoms with van der Waals surface area (Å²) in [7, 11) is 0. The highest BCUT2D eigenvalue weighted by molar-refractivity contribution is 4.54. The molecule has 0 radical (unpaired) electrons. The van der Waals surface area contributed by atoms with Gasteiger partial charge in [0.2, 0.25) is 0 Å². The van der Waals surface area contributed by atoms with Gasteiger partial charge in [-0.05, 0) is 26.2 Å². The molecular formula is C13H26F2. The number of unbranched alkanes of at least 4 members (excludes halogenated alkanes) is 5. The number of alkyl halides is 2. The van der Waals surface area contributed by atoms with E-state index >= 15 is 0 Å². The van der Waals surface area contributed by atoms with Crippen molar-refractivity contribution in [3.63, 3.8) is 0 Å². The lowest BCUT2D eigenvalue weighted by atomic mass is 10.1. The van der Waals surface area contributed by atoms with E-state index in [1.807, 2.05) is 6.92 Å². The van der Waals surface area contributed by atoms with E-state index < -0.39 is 12.3 Å². The Hall–Kier alpha value is -0.140. The lowest BCUT2D eigenvalue weighted by molar-refractivity contribution is 0.295. The minimum atomic E-state index is -0.651. The highest BCUT2D eigenvalue weighted by Gasteiger charge is 2.02. The maximum atomic E-state index is 12.8. The number of rotatable bonds is 10. The molecule has 0 aromatic rings. The molecule has 0 amide bonds. The molecule has 0 rings (SSSR count). The van der Waals surface area contributed by atoms with Crippen LogP contribution in [0, 0.1) is 0 Å². The Balaban J connectivity index is 2.99. The summed E-state index contributed by atoms with van der Waals surface area (Å²) in [6.07, 6.45) is 7.43. The molecule has 0 N–H and O–H groups in total. The molecule has 0 aliphatic heterocycles. The van der Waals surface area contributed by atoms with E-state index in [4.69, 9.17) is 0 Å².